The molecule has 0 bridgehead atoms. The van der Waals surface area contributed by atoms with Crippen LogP contribution in [0, 0.1) is 0 Å². The van der Waals surface area contributed by atoms with Crippen LogP contribution in [-0.4, -0.2) is 37.9 Å². The lowest BCUT2D eigenvalue weighted by Gasteiger charge is -2.08. The highest BCUT2D eigenvalue weighted by atomic mass is 16.5. The van der Waals surface area contributed by atoms with Gasteiger partial charge in [0, 0.05) is 11.1 Å². The number of carbonyl (C=O) groups excluding carboxylic acids is 3. The van der Waals surface area contributed by atoms with Crippen molar-refractivity contribution in [1.82, 2.24) is 5.32 Å². The number of hydrogen-bond acceptors (Lipinski definition) is 5. The molecule has 1 amide bonds. The first-order valence-electron chi connectivity index (χ1n) is 9.87. The van der Waals surface area contributed by atoms with E-state index in [9.17, 15) is 14.4 Å². The van der Waals surface area contributed by atoms with E-state index in [0.29, 0.717) is 16.9 Å². The molecule has 0 unspecified atom stereocenters. The van der Waals surface area contributed by atoms with Crippen molar-refractivity contribution in [2.24, 2.45) is 0 Å². The van der Waals surface area contributed by atoms with E-state index in [2.05, 4.69) is 11.4 Å². The van der Waals surface area contributed by atoms with Crippen molar-refractivity contribution in [1.29, 1.82) is 0 Å². The molecule has 0 atom stereocenters. The van der Waals surface area contributed by atoms with Gasteiger partial charge in [-0.15, -0.1) is 0 Å². The number of amides is 1. The van der Waals surface area contributed by atoms with E-state index in [1.165, 1.54) is 18.2 Å². The second kappa shape index (κ2) is 8.83. The fraction of sp³-hybridized carbons (Fsp3) is 0.160. The lowest BCUT2D eigenvalue weighted by atomic mass is 10.0. The van der Waals surface area contributed by atoms with Crippen molar-refractivity contribution in [3.8, 4) is 16.9 Å². The standard InChI is InChI=1S/C25H21NO5/c1-30-20-10-8-16(9-11-20)25(29)26-14-24(28)31-15-23(27)19-7-6-18-12-17-4-2-3-5-21(17)22(18)13-19/h2-11,13H,12,14-15H2,1H3,(H,26,29). The summed E-state index contributed by atoms with van der Waals surface area (Å²) in [6, 6.07) is 20.1. The summed E-state index contributed by atoms with van der Waals surface area (Å²) in [5.74, 6) is -0.753. The van der Waals surface area contributed by atoms with Gasteiger partial charge in [-0.25, -0.2) is 0 Å². The Morgan fingerprint density at radius 3 is 2.35 bits per heavy atom. The van der Waals surface area contributed by atoms with Crippen LogP contribution in [0.3, 0.4) is 0 Å². The van der Waals surface area contributed by atoms with E-state index in [4.69, 9.17) is 9.47 Å². The van der Waals surface area contributed by atoms with Gasteiger partial charge in [0.2, 0.25) is 0 Å². The molecule has 0 aromatic heterocycles. The van der Waals surface area contributed by atoms with Crippen LogP contribution >= 0.6 is 0 Å². The van der Waals surface area contributed by atoms with Crippen LogP contribution in [0.1, 0.15) is 31.8 Å². The number of carbonyl (C=O) groups is 3. The quantitative estimate of drug-likeness (QED) is 0.369. The van der Waals surface area contributed by atoms with Crippen molar-refractivity contribution in [2.75, 3.05) is 20.3 Å². The van der Waals surface area contributed by atoms with Crippen LogP contribution in [0.5, 0.6) is 5.75 Å². The molecule has 3 aromatic rings. The van der Waals surface area contributed by atoms with Gasteiger partial charge in [0.1, 0.15) is 12.3 Å². The number of ether oxygens (including phenoxy) is 2. The molecule has 1 aliphatic carbocycles. The Hall–Kier alpha value is -3.93. The number of rotatable bonds is 7. The van der Waals surface area contributed by atoms with Crippen molar-refractivity contribution in [3.05, 3.63) is 89.0 Å². The highest BCUT2D eigenvalue weighted by molar-refractivity contribution is 6.00. The molecule has 0 spiro atoms. The minimum Gasteiger partial charge on any atom is -0.497 e. The summed E-state index contributed by atoms with van der Waals surface area (Å²) in [7, 11) is 1.54. The predicted octanol–water partition coefficient (Wildman–Crippen LogP) is 3.42. The minimum atomic E-state index is -0.679. The number of fused-ring (bicyclic) bond motifs is 3. The van der Waals surface area contributed by atoms with Gasteiger partial charge in [0.05, 0.1) is 7.11 Å². The van der Waals surface area contributed by atoms with Crippen molar-refractivity contribution in [2.45, 2.75) is 6.42 Å². The second-order valence-electron chi connectivity index (χ2n) is 7.20. The van der Waals surface area contributed by atoms with Crippen molar-refractivity contribution in [3.63, 3.8) is 0 Å². The average Bonchev–Trinajstić information content (AvgIpc) is 3.19. The molecule has 0 saturated heterocycles. The molecule has 156 valence electrons. The number of ketones is 1. The van der Waals surface area contributed by atoms with Crippen LogP contribution < -0.4 is 10.1 Å². The molecule has 6 nitrogen and oxygen atoms in total. The van der Waals surface area contributed by atoms with Crippen molar-refractivity contribution < 1.29 is 23.9 Å². The molecule has 4 rings (SSSR count). The largest absolute Gasteiger partial charge is 0.497 e. The van der Waals surface area contributed by atoms with Gasteiger partial charge >= 0.3 is 5.97 Å². The molecular formula is C25H21NO5. The molecular weight excluding hydrogens is 394 g/mol. The summed E-state index contributed by atoms with van der Waals surface area (Å²) in [6.07, 6.45) is 0.850. The van der Waals surface area contributed by atoms with Gasteiger partial charge in [-0.1, -0.05) is 36.4 Å². The number of benzene rings is 3. The molecule has 0 radical (unpaired) electrons. The van der Waals surface area contributed by atoms with E-state index in [0.717, 1.165) is 17.5 Å². The molecule has 3 aromatic carbocycles. The summed E-state index contributed by atoms with van der Waals surface area (Å²) in [6.45, 7) is -0.701. The molecule has 1 aliphatic rings. The lowest BCUT2D eigenvalue weighted by Crippen LogP contribution is -2.31. The Morgan fingerprint density at radius 2 is 1.58 bits per heavy atom. The first-order valence-corrected chi connectivity index (χ1v) is 9.87. The van der Waals surface area contributed by atoms with Gasteiger partial charge in [-0.3, -0.25) is 14.4 Å². The van der Waals surface area contributed by atoms with Crippen LogP contribution in [0.25, 0.3) is 11.1 Å². The van der Waals surface area contributed by atoms with E-state index in [1.807, 2.05) is 30.3 Å². The average molecular weight is 415 g/mol. The monoisotopic (exact) mass is 415 g/mol. The SMILES string of the molecule is COc1ccc(C(=O)NCC(=O)OCC(=O)c2ccc3c(c2)-c2ccccc2C3)cc1. The van der Waals surface area contributed by atoms with Gasteiger partial charge in [0.15, 0.2) is 12.4 Å². The Balaban J connectivity index is 1.30. The number of hydrogen-bond donors (Lipinski definition) is 1. The summed E-state index contributed by atoms with van der Waals surface area (Å²) in [4.78, 5) is 36.6. The maximum Gasteiger partial charge on any atom is 0.325 e. The maximum atomic E-state index is 12.5. The number of esters is 1. The van der Waals surface area contributed by atoms with Gasteiger partial charge in [0.25, 0.3) is 5.91 Å². The summed E-state index contributed by atoms with van der Waals surface area (Å²) in [5.41, 5.74) is 5.47. The van der Waals surface area contributed by atoms with Crippen LogP contribution in [0.15, 0.2) is 66.7 Å². The Bertz CT molecular complexity index is 1150. The number of Topliss-reactive ketones (excluding diaryl/α,β-unsaturated/α-hetero) is 1. The third-order valence-electron chi connectivity index (χ3n) is 5.23. The van der Waals surface area contributed by atoms with E-state index < -0.39 is 11.9 Å². The normalized spacial score (nSPS) is 11.3. The summed E-state index contributed by atoms with van der Waals surface area (Å²) < 4.78 is 10.1. The number of nitrogens with one attached hydrogen (secondary N) is 1. The smallest absolute Gasteiger partial charge is 0.325 e. The Kier molecular flexibility index (Phi) is 5.80. The van der Waals surface area contributed by atoms with Crippen LogP contribution in [0.2, 0.25) is 0 Å². The van der Waals surface area contributed by atoms with Crippen LogP contribution in [0.4, 0.5) is 0 Å². The summed E-state index contributed by atoms with van der Waals surface area (Å²) in [5, 5.41) is 2.48. The third-order valence-corrected chi connectivity index (χ3v) is 5.23. The Labute approximate surface area is 179 Å². The van der Waals surface area contributed by atoms with Crippen molar-refractivity contribution >= 4 is 17.7 Å². The van der Waals surface area contributed by atoms with E-state index in [-0.39, 0.29) is 18.9 Å². The molecule has 0 saturated carbocycles. The lowest BCUT2D eigenvalue weighted by molar-refractivity contribution is -0.141. The molecule has 31 heavy (non-hydrogen) atoms. The molecule has 6 heteroatoms. The van der Waals surface area contributed by atoms with Crippen LogP contribution in [-0.2, 0) is 16.0 Å². The minimum absolute atomic E-state index is 0.290. The van der Waals surface area contributed by atoms with Gasteiger partial charge < -0.3 is 14.8 Å². The molecule has 0 fully saturated rings. The zero-order valence-electron chi connectivity index (χ0n) is 17.0. The zero-order valence-corrected chi connectivity index (χ0v) is 17.0. The highest BCUT2D eigenvalue weighted by Crippen LogP contribution is 2.36. The summed E-state index contributed by atoms with van der Waals surface area (Å²) >= 11 is 0. The Morgan fingerprint density at radius 1 is 0.871 bits per heavy atom. The first kappa shape index (κ1) is 20.3. The van der Waals surface area contributed by atoms with E-state index in [1.54, 1.807) is 30.3 Å². The highest BCUT2D eigenvalue weighted by Gasteiger charge is 2.20. The molecule has 0 aliphatic heterocycles. The molecule has 0 heterocycles. The third kappa shape index (κ3) is 4.48. The maximum absolute atomic E-state index is 12.5. The fourth-order valence-corrected chi connectivity index (χ4v) is 3.57. The molecule has 1 N–H and O–H groups in total. The predicted molar refractivity (Wildman–Crippen MR) is 115 cm³/mol. The van der Waals surface area contributed by atoms with E-state index >= 15 is 0 Å². The number of methoxy groups -OCH3 is 1. The zero-order chi connectivity index (χ0) is 21.8. The van der Waals surface area contributed by atoms with Gasteiger partial charge in [-0.2, -0.15) is 0 Å². The first-order chi connectivity index (χ1) is 15.0. The topological polar surface area (TPSA) is 81.7 Å². The van der Waals surface area contributed by atoms with Gasteiger partial charge in [-0.05, 0) is 59.0 Å². The fourth-order valence-electron chi connectivity index (χ4n) is 3.57. The second-order valence-corrected chi connectivity index (χ2v) is 7.20.